The lowest BCUT2D eigenvalue weighted by atomic mass is 9.67. The van der Waals surface area contributed by atoms with Crippen molar-refractivity contribution in [3.8, 4) is 0 Å². The number of nitrogens with zero attached hydrogens (tertiary/aromatic N) is 2. The van der Waals surface area contributed by atoms with E-state index < -0.39 is 6.55 Å². The quantitative estimate of drug-likeness (QED) is 0.860. The molecule has 26 heavy (non-hydrogen) atoms. The predicted molar refractivity (Wildman–Crippen MR) is 95.0 cm³/mol. The first-order valence-electron chi connectivity index (χ1n) is 9.35. The highest BCUT2D eigenvalue weighted by atomic mass is 19.3. The highest BCUT2D eigenvalue weighted by molar-refractivity contribution is 5.84. The summed E-state index contributed by atoms with van der Waals surface area (Å²) >= 11 is 0. The molecular formula is C19H24F2N4O. The van der Waals surface area contributed by atoms with Crippen molar-refractivity contribution in [1.82, 2.24) is 20.2 Å². The summed E-state index contributed by atoms with van der Waals surface area (Å²) in [6, 6.07) is 6.88. The van der Waals surface area contributed by atoms with E-state index in [1.165, 1.54) is 6.42 Å². The Morgan fingerprint density at radius 3 is 3.08 bits per heavy atom. The lowest BCUT2D eigenvalue weighted by Crippen LogP contribution is -2.48. The first-order chi connectivity index (χ1) is 12.6. The first-order valence-corrected chi connectivity index (χ1v) is 9.35. The van der Waals surface area contributed by atoms with Gasteiger partial charge in [-0.05, 0) is 37.4 Å². The molecule has 2 heterocycles. The Morgan fingerprint density at radius 2 is 2.23 bits per heavy atom. The molecular weight excluding hydrogens is 338 g/mol. The Labute approximate surface area is 151 Å². The van der Waals surface area contributed by atoms with E-state index >= 15 is 0 Å². The van der Waals surface area contributed by atoms with Crippen LogP contribution >= 0.6 is 0 Å². The van der Waals surface area contributed by atoms with Crippen LogP contribution in [0.2, 0.25) is 0 Å². The number of alkyl halides is 2. The van der Waals surface area contributed by atoms with Crippen LogP contribution in [0.15, 0.2) is 24.3 Å². The number of amides is 1. The highest BCUT2D eigenvalue weighted by Crippen LogP contribution is 2.43. The van der Waals surface area contributed by atoms with Crippen LogP contribution in [0.25, 0.3) is 11.0 Å². The molecule has 0 spiro atoms. The van der Waals surface area contributed by atoms with E-state index in [-0.39, 0.29) is 11.3 Å². The van der Waals surface area contributed by atoms with Gasteiger partial charge in [0.25, 0.3) is 0 Å². The van der Waals surface area contributed by atoms with Crippen molar-refractivity contribution in [1.29, 1.82) is 0 Å². The summed E-state index contributed by atoms with van der Waals surface area (Å²) in [4.78, 5) is 17.2. The minimum absolute atomic E-state index is 0.0620. The SMILES string of the molecule is O=C(NCCc1nc2ccccc2n1C(F)F)[C@@]12CCCC[C@H]1CNC2. The molecule has 2 atom stereocenters. The monoisotopic (exact) mass is 362 g/mol. The van der Waals surface area contributed by atoms with Gasteiger partial charge in [-0.15, -0.1) is 0 Å². The third-order valence-corrected chi connectivity index (χ3v) is 5.99. The van der Waals surface area contributed by atoms with E-state index in [9.17, 15) is 13.6 Å². The van der Waals surface area contributed by atoms with Crippen LogP contribution in [-0.2, 0) is 11.2 Å². The fourth-order valence-electron chi connectivity index (χ4n) is 4.64. The van der Waals surface area contributed by atoms with Gasteiger partial charge in [0.2, 0.25) is 5.91 Å². The fourth-order valence-corrected chi connectivity index (χ4v) is 4.64. The average Bonchev–Trinajstić information content (AvgIpc) is 3.23. The molecule has 2 aromatic rings. The molecule has 1 saturated heterocycles. The molecule has 0 bridgehead atoms. The molecule has 4 rings (SSSR count). The van der Waals surface area contributed by atoms with Crippen molar-refractivity contribution in [3.05, 3.63) is 30.1 Å². The van der Waals surface area contributed by atoms with Gasteiger partial charge in [-0.1, -0.05) is 25.0 Å². The van der Waals surface area contributed by atoms with Crippen molar-refractivity contribution < 1.29 is 13.6 Å². The number of halogens is 2. The smallest absolute Gasteiger partial charge is 0.320 e. The Bertz CT molecular complexity index is 806. The number of fused-ring (bicyclic) bond motifs is 2. The van der Waals surface area contributed by atoms with Gasteiger partial charge < -0.3 is 10.6 Å². The van der Waals surface area contributed by atoms with Crippen LogP contribution < -0.4 is 10.6 Å². The Morgan fingerprint density at radius 1 is 1.38 bits per heavy atom. The Hall–Kier alpha value is -2.02. The summed E-state index contributed by atoms with van der Waals surface area (Å²) in [6.45, 7) is -0.703. The highest BCUT2D eigenvalue weighted by Gasteiger charge is 2.49. The number of carbonyl (C=O) groups is 1. The molecule has 7 heteroatoms. The number of hydrogen-bond donors (Lipinski definition) is 2. The van der Waals surface area contributed by atoms with Crippen LogP contribution in [0.5, 0.6) is 0 Å². The molecule has 1 aliphatic carbocycles. The average molecular weight is 362 g/mol. The zero-order valence-electron chi connectivity index (χ0n) is 14.7. The first kappa shape index (κ1) is 17.4. The number of carbonyl (C=O) groups excluding carboxylic acids is 1. The number of imidazole rings is 1. The van der Waals surface area contributed by atoms with Gasteiger partial charge in [0.1, 0.15) is 5.82 Å². The number of aromatic nitrogens is 2. The van der Waals surface area contributed by atoms with Crippen molar-refractivity contribution >= 4 is 16.9 Å². The molecule has 2 aliphatic rings. The summed E-state index contributed by atoms with van der Waals surface area (Å²) in [5.41, 5.74) is 0.663. The molecule has 1 aromatic heterocycles. The third kappa shape index (κ3) is 2.88. The van der Waals surface area contributed by atoms with Gasteiger partial charge in [-0.2, -0.15) is 8.78 Å². The molecule has 5 nitrogen and oxygen atoms in total. The lowest BCUT2D eigenvalue weighted by Gasteiger charge is -2.37. The number of nitrogens with one attached hydrogen (secondary N) is 2. The van der Waals surface area contributed by atoms with Gasteiger partial charge in [-0.3, -0.25) is 9.36 Å². The van der Waals surface area contributed by atoms with Crippen LogP contribution in [0, 0.1) is 11.3 Å². The summed E-state index contributed by atoms with van der Waals surface area (Å²) in [5.74, 6) is 0.762. The second-order valence-corrected chi connectivity index (χ2v) is 7.40. The van der Waals surface area contributed by atoms with E-state index in [0.29, 0.717) is 35.7 Å². The molecule has 2 fully saturated rings. The van der Waals surface area contributed by atoms with Crippen LogP contribution in [0.3, 0.4) is 0 Å². The molecule has 140 valence electrons. The van der Waals surface area contributed by atoms with E-state index in [1.807, 2.05) is 0 Å². The van der Waals surface area contributed by atoms with Gasteiger partial charge in [0.05, 0.1) is 16.4 Å². The second-order valence-electron chi connectivity index (χ2n) is 7.40. The number of rotatable bonds is 5. The van der Waals surface area contributed by atoms with E-state index in [1.54, 1.807) is 24.3 Å². The number of hydrogen-bond acceptors (Lipinski definition) is 3. The van der Waals surface area contributed by atoms with E-state index in [2.05, 4.69) is 15.6 Å². The zero-order valence-corrected chi connectivity index (χ0v) is 14.7. The molecule has 1 amide bonds. The molecule has 0 radical (unpaired) electrons. The minimum Gasteiger partial charge on any atom is -0.355 e. The standard InChI is InChI=1S/C19H24F2N4O/c20-18(21)25-15-7-2-1-6-14(15)24-16(25)8-10-23-17(26)19-9-4-3-5-13(19)11-22-12-19/h1-2,6-7,13,18,22H,3-5,8-12H2,(H,23,26)/t13-,19+/m0/s1. The topological polar surface area (TPSA) is 59.0 Å². The third-order valence-electron chi connectivity index (χ3n) is 5.99. The van der Waals surface area contributed by atoms with Crippen molar-refractivity contribution in [2.24, 2.45) is 11.3 Å². The molecule has 1 aromatic carbocycles. The van der Waals surface area contributed by atoms with Gasteiger partial charge in [0, 0.05) is 19.5 Å². The van der Waals surface area contributed by atoms with Crippen LogP contribution in [-0.4, -0.2) is 35.1 Å². The normalized spacial score (nSPS) is 25.6. The number of benzene rings is 1. The lowest BCUT2D eigenvalue weighted by molar-refractivity contribution is -0.133. The molecule has 0 unspecified atom stereocenters. The van der Waals surface area contributed by atoms with E-state index in [4.69, 9.17) is 0 Å². The maximum absolute atomic E-state index is 13.5. The molecule has 2 N–H and O–H groups in total. The van der Waals surface area contributed by atoms with Crippen molar-refractivity contribution in [3.63, 3.8) is 0 Å². The summed E-state index contributed by atoms with van der Waals surface area (Å²) in [6.07, 6.45) is 4.54. The number of para-hydroxylation sites is 2. The van der Waals surface area contributed by atoms with Crippen LogP contribution in [0.1, 0.15) is 38.1 Å². The maximum atomic E-state index is 13.5. The van der Waals surface area contributed by atoms with Crippen molar-refractivity contribution in [2.45, 2.75) is 38.7 Å². The maximum Gasteiger partial charge on any atom is 0.320 e. The van der Waals surface area contributed by atoms with E-state index in [0.717, 1.165) is 36.9 Å². The van der Waals surface area contributed by atoms with Gasteiger partial charge >= 0.3 is 6.55 Å². The Balaban J connectivity index is 1.46. The largest absolute Gasteiger partial charge is 0.355 e. The second kappa shape index (κ2) is 6.95. The molecule has 1 aliphatic heterocycles. The summed E-state index contributed by atoms with van der Waals surface area (Å²) in [7, 11) is 0. The van der Waals surface area contributed by atoms with Crippen LogP contribution in [0.4, 0.5) is 8.78 Å². The predicted octanol–water partition coefficient (Wildman–Crippen LogP) is 2.87. The summed E-state index contributed by atoms with van der Waals surface area (Å²) < 4.78 is 27.9. The minimum atomic E-state index is -2.64. The zero-order chi connectivity index (χ0) is 18.1. The fraction of sp³-hybridized carbons (Fsp3) is 0.579. The van der Waals surface area contributed by atoms with Gasteiger partial charge in [-0.25, -0.2) is 4.98 Å². The molecule has 1 saturated carbocycles. The summed E-state index contributed by atoms with van der Waals surface area (Å²) in [5, 5.41) is 6.36. The van der Waals surface area contributed by atoms with Gasteiger partial charge in [0.15, 0.2) is 0 Å². The Kier molecular flexibility index (Phi) is 4.65. The van der Waals surface area contributed by atoms with Crippen molar-refractivity contribution in [2.75, 3.05) is 19.6 Å².